The van der Waals surface area contributed by atoms with E-state index >= 15 is 0 Å². The van der Waals surface area contributed by atoms with Gasteiger partial charge in [-0.3, -0.25) is 4.99 Å². The van der Waals surface area contributed by atoms with Crippen LogP contribution in [0.4, 0.5) is 0 Å². The van der Waals surface area contributed by atoms with Crippen LogP contribution in [0.25, 0.3) is 0 Å². The molecule has 0 heterocycles. The molecule has 0 aromatic heterocycles. The summed E-state index contributed by atoms with van der Waals surface area (Å²) >= 11 is 3.28. The lowest BCUT2D eigenvalue weighted by Gasteiger charge is -2.07. The van der Waals surface area contributed by atoms with Crippen molar-refractivity contribution < 1.29 is 8.42 Å². The van der Waals surface area contributed by atoms with E-state index in [2.05, 4.69) is 33.2 Å². The third-order valence-corrected chi connectivity index (χ3v) is 5.40. The first-order valence-electron chi connectivity index (χ1n) is 7.48. The molecule has 0 amide bonds. The fourth-order valence-corrected chi connectivity index (χ4v) is 3.29. The number of halogens is 1. The molecule has 1 aromatic carbocycles. The highest BCUT2D eigenvalue weighted by Gasteiger charge is 2.13. The first kappa shape index (κ1) is 19.0. The number of sulfone groups is 1. The van der Waals surface area contributed by atoms with E-state index in [-0.39, 0.29) is 12.3 Å². The maximum atomic E-state index is 12.1. The number of rotatable bonds is 9. The quantitative estimate of drug-likeness (QED) is 0.386. The number of unbranched alkanes of at least 4 members (excludes halogenated alkanes) is 3. The molecule has 0 bridgehead atoms. The van der Waals surface area contributed by atoms with Crippen molar-refractivity contribution in [3.05, 3.63) is 28.7 Å². The summed E-state index contributed by atoms with van der Waals surface area (Å²) in [5, 5.41) is 2.85. The minimum Gasteiger partial charge on any atom is -0.370 e. The van der Waals surface area contributed by atoms with E-state index < -0.39 is 9.84 Å². The van der Waals surface area contributed by atoms with Gasteiger partial charge in [-0.25, -0.2) is 8.42 Å². The smallest absolute Gasteiger partial charge is 0.188 e. The van der Waals surface area contributed by atoms with Crippen LogP contribution in [-0.2, 0) is 9.84 Å². The van der Waals surface area contributed by atoms with Crippen molar-refractivity contribution in [2.45, 2.75) is 37.5 Å². The van der Waals surface area contributed by atoms with Crippen molar-refractivity contribution >= 4 is 31.7 Å². The van der Waals surface area contributed by atoms with Crippen molar-refractivity contribution in [2.24, 2.45) is 10.7 Å². The summed E-state index contributed by atoms with van der Waals surface area (Å²) in [6, 6.07) is 6.61. The highest BCUT2D eigenvalue weighted by Crippen LogP contribution is 2.15. The number of hydrogen-bond donors (Lipinski definition) is 2. The van der Waals surface area contributed by atoms with E-state index in [4.69, 9.17) is 5.73 Å². The van der Waals surface area contributed by atoms with Crippen LogP contribution in [0.2, 0.25) is 0 Å². The average molecular weight is 390 g/mol. The van der Waals surface area contributed by atoms with Crippen molar-refractivity contribution in [3.8, 4) is 0 Å². The molecule has 0 saturated carbocycles. The molecule has 0 aliphatic carbocycles. The SMILES string of the molecule is CCCCCCN=C(N)NCCS(=O)(=O)c1ccc(Br)cc1. The number of hydrogen-bond acceptors (Lipinski definition) is 3. The van der Waals surface area contributed by atoms with E-state index in [9.17, 15) is 8.42 Å². The molecule has 1 aromatic rings. The predicted molar refractivity (Wildman–Crippen MR) is 94.8 cm³/mol. The summed E-state index contributed by atoms with van der Waals surface area (Å²) in [6.45, 7) is 3.09. The van der Waals surface area contributed by atoms with Crippen LogP contribution < -0.4 is 11.1 Å². The molecule has 22 heavy (non-hydrogen) atoms. The Kier molecular flexibility index (Phi) is 8.48. The third kappa shape index (κ3) is 7.26. The van der Waals surface area contributed by atoms with Gasteiger partial charge >= 0.3 is 0 Å². The molecule has 0 fully saturated rings. The molecule has 7 heteroatoms. The first-order chi connectivity index (χ1) is 10.5. The van der Waals surface area contributed by atoms with Crippen molar-refractivity contribution in [2.75, 3.05) is 18.8 Å². The lowest BCUT2D eigenvalue weighted by atomic mass is 10.2. The maximum Gasteiger partial charge on any atom is 0.188 e. The Morgan fingerprint density at radius 3 is 2.55 bits per heavy atom. The van der Waals surface area contributed by atoms with Crippen molar-refractivity contribution in [1.29, 1.82) is 0 Å². The van der Waals surface area contributed by atoms with E-state index in [1.165, 1.54) is 12.8 Å². The number of benzene rings is 1. The number of guanidine groups is 1. The van der Waals surface area contributed by atoms with E-state index in [0.717, 1.165) is 17.3 Å². The molecule has 0 aliphatic rings. The lowest BCUT2D eigenvalue weighted by molar-refractivity contribution is 0.594. The van der Waals surface area contributed by atoms with E-state index in [1.54, 1.807) is 24.3 Å². The van der Waals surface area contributed by atoms with Crippen LogP contribution in [0.15, 0.2) is 38.6 Å². The van der Waals surface area contributed by atoms with Crippen LogP contribution in [-0.4, -0.2) is 33.2 Å². The van der Waals surface area contributed by atoms with Crippen LogP contribution in [0.5, 0.6) is 0 Å². The van der Waals surface area contributed by atoms with Crippen LogP contribution in [0.1, 0.15) is 32.6 Å². The second-order valence-electron chi connectivity index (χ2n) is 5.03. The fraction of sp³-hybridized carbons (Fsp3) is 0.533. The number of nitrogens with two attached hydrogens (primary N) is 1. The molecular formula is C15H24BrN3O2S. The molecule has 0 atom stereocenters. The van der Waals surface area contributed by atoms with E-state index in [1.807, 2.05) is 0 Å². The minimum absolute atomic E-state index is 0.0132. The summed E-state index contributed by atoms with van der Waals surface area (Å²) in [7, 11) is -3.30. The van der Waals surface area contributed by atoms with Gasteiger partial charge in [-0.15, -0.1) is 0 Å². The Balaban J connectivity index is 2.36. The van der Waals surface area contributed by atoms with Crippen molar-refractivity contribution in [1.82, 2.24) is 5.32 Å². The molecule has 0 aliphatic heterocycles. The highest BCUT2D eigenvalue weighted by molar-refractivity contribution is 9.10. The Labute approximate surface area is 141 Å². The summed E-state index contributed by atoms with van der Waals surface area (Å²) in [5.41, 5.74) is 5.71. The standard InChI is InChI=1S/C15H24BrN3O2S/c1-2-3-4-5-10-18-15(17)19-11-12-22(20,21)14-8-6-13(16)7-9-14/h6-9H,2-5,10-12H2,1H3,(H3,17,18,19). The van der Waals surface area contributed by atoms with Gasteiger partial charge in [-0.1, -0.05) is 42.1 Å². The zero-order chi connectivity index (χ0) is 16.4. The Bertz CT molecular complexity index is 571. The van der Waals surface area contributed by atoms with Gasteiger partial charge < -0.3 is 11.1 Å². The Hall–Kier alpha value is -1.08. The van der Waals surface area contributed by atoms with Crippen LogP contribution in [0.3, 0.4) is 0 Å². The van der Waals surface area contributed by atoms with Crippen LogP contribution >= 0.6 is 15.9 Å². The zero-order valence-electron chi connectivity index (χ0n) is 12.9. The van der Waals surface area contributed by atoms with Gasteiger partial charge in [-0.05, 0) is 30.7 Å². The fourth-order valence-electron chi connectivity index (χ4n) is 1.87. The van der Waals surface area contributed by atoms with Gasteiger partial charge in [0.05, 0.1) is 10.6 Å². The van der Waals surface area contributed by atoms with Gasteiger partial charge in [0.25, 0.3) is 0 Å². The topological polar surface area (TPSA) is 84.5 Å². The summed E-state index contributed by atoms with van der Waals surface area (Å²) in [5.74, 6) is 0.295. The van der Waals surface area contributed by atoms with Gasteiger partial charge in [-0.2, -0.15) is 0 Å². The van der Waals surface area contributed by atoms with Gasteiger partial charge in [0.1, 0.15) is 0 Å². The summed E-state index contributed by atoms with van der Waals surface area (Å²) in [4.78, 5) is 4.49. The number of nitrogens with one attached hydrogen (secondary N) is 1. The largest absolute Gasteiger partial charge is 0.370 e. The molecule has 0 unspecified atom stereocenters. The molecule has 0 radical (unpaired) electrons. The predicted octanol–water partition coefficient (Wildman–Crippen LogP) is 2.71. The third-order valence-electron chi connectivity index (χ3n) is 3.14. The molecule has 0 spiro atoms. The van der Waals surface area contributed by atoms with Crippen molar-refractivity contribution in [3.63, 3.8) is 0 Å². The molecule has 124 valence electrons. The van der Waals surface area contributed by atoms with Gasteiger partial charge in [0, 0.05) is 17.6 Å². The molecule has 0 saturated heterocycles. The van der Waals surface area contributed by atoms with Crippen LogP contribution in [0, 0.1) is 0 Å². The minimum atomic E-state index is -3.30. The molecule has 3 N–H and O–H groups in total. The second kappa shape index (κ2) is 9.84. The maximum absolute atomic E-state index is 12.1. The highest BCUT2D eigenvalue weighted by atomic mass is 79.9. The summed E-state index contributed by atoms with van der Waals surface area (Å²) < 4.78 is 25.1. The monoisotopic (exact) mass is 389 g/mol. The normalized spacial score (nSPS) is 12.4. The Morgan fingerprint density at radius 2 is 1.91 bits per heavy atom. The van der Waals surface area contributed by atoms with Gasteiger partial charge in [0.2, 0.25) is 0 Å². The Morgan fingerprint density at radius 1 is 1.23 bits per heavy atom. The van der Waals surface area contributed by atoms with Gasteiger partial charge in [0.15, 0.2) is 15.8 Å². The zero-order valence-corrected chi connectivity index (χ0v) is 15.3. The second-order valence-corrected chi connectivity index (χ2v) is 8.05. The summed E-state index contributed by atoms with van der Waals surface area (Å²) in [6.07, 6.45) is 4.54. The average Bonchev–Trinajstić information content (AvgIpc) is 2.47. The molecular weight excluding hydrogens is 366 g/mol. The molecule has 5 nitrogen and oxygen atoms in total. The number of aliphatic imine (C=N–C) groups is 1. The molecule has 1 rings (SSSR count). The van der Waals surface area contributed by atoms with E-state index in [0.29, 0.717) is 17.4 Å². The number of nitrogens with zero attached hydrogens (tertiary/aromatic N) is 1. The first-order valence-corrected chi connectivity index (χ1v) is 9.92. The lowest BCUT2D eigenvalue weighted by Crippen LogP contribution is -2.35.